The lowest BCUT2D eigenvalue weighted by molar-refractivity contribution is -0.271. The molecule has 1 heterocycles. The number of aliphatic hydroxyl groups excluding tert-OH is 3. The molecule has 0 unspecified atom stereocenters. The van der Waals surface area contributed by atoms with Crippen molar-refractivity contribution in [1.82, 2.24) is 4.90 Å². The molecule has 218 valence electrons. The monoisotopic (exact) mass is 562 g/mol. The average molecular weight is 563 g/mol. The van der Waals surface area contributed by atoms with Crippen molar-refractivity contribution >= 4 is 23.7 Å². The highest BCUT2D eigenvalue weighted by molar-refractivity contribution is 5.90. The minimum Gasteiger partial charge on any atom is -0.479 e. The van der Waals surface area contributed by atoms with E-state index in [0.717, 1.165) is 5.56 Å². The number of benzene rings is 2. The third-order valence-corrected chi connectivity index (χ3v) is 6.04. The highest BCUT2D eigenvalue weighted by atomic mass is 16.7. The van der Waals surface area contributed by atoms with Crippen LogP contribution in [0.1, 0.15) is 25.0 Å². The van der Waals surface area contributed by atoms with Gasteiger partial charge in [0, 0.05) is 13.5 Å². The van der Waals surface area contributed by atoms with Crippen molar-refractivity contribution < 1.29 is 53.8 Å². The molecule has 2 aromatic rings. The van der Waals surface area contributed by atoms with Crippen LogP contribution < -0.4 is 10.1 Å². The molecule has 0 radical (unpaired) electrons. The summed E-state index contributed by atoms with van der Waals surface area (Å²) in [5.41, 5.74) is 1.71. The number of carbonyl (C=O) groups excluding carboxylic acids is 2. The summed E-state index contributed by atoms with van der Waals surface area (Å²) in [6, 6.07) is 14.2. The van der Waals surface area contributed by atoms with Gasteiger partial charge in [0.1, 0.15) is 37.4 Å². The van der Waals surface area contributed by atoms with E-state index in [4.69, 9.17) is 18.9 Å². The van der Waals surface area contributed by atoms with E-state index in [1.807, 2.05) is 30.3 Å². The fourth-order valence-electron chi connectivity index (χ4n) is 3.85. The van der Waals surface area contributed by atoms with Crippen LogP contribution in [0.4, 0.5) is 10.5 Å². The summed E-state index contributed by atoms with van der Waals surface area (Å²) >= 11 is 0. The molecule has 13 heteroatoms. The Morgan fingerprint density at radius 3 is 2.38 bits per heavy atom. The van der Waals surface area contributed by atoms with E-state index in [1.165, 1.54) is 30.0 Å². The maximum atomic E-state index is 12.6. The SMILES string of the molecule is CCN(COCCc1ccccc1)C(=O)OCc1ccc(O[C@@H]2O[C@H](C(=O)O)[C@@H](O)[C@H](O)[C@H]2O)c(NC(C)=O)c1. The van der Waals surface area contributed by atoms with Crippen molar-refractivity contribution in [3.8, 4) is 5.75 Å². The number of hydrogen-bond acceptors (Lipinski definition) is 10. The van der Waals surface area contributed by atoms with E-state index in [-0.39, 0.29) is 24.8 Å². The van der Waals surface area contributed by atoms with E-state index < -0.39 is 48.7 Å². The van der Waals surface area contributed by atoms with Gasteiger partial charge in [-0.3, -0.25) is 9.69 Å². The third kappa shape index (κ3) is 8.37. The Morgan fingerprint density at radius 2 is 1.73 bits per heavy atom. The molecule has 5 atom stereocenters. The third-order valence-electron chi connectivity index (χ3n) is 6.04. The Kier molecular flexibility index (Phi) is 11.2. The Bertz CT molecular complexity index is 1150. The Morgan fingerprint density at radius 1 is 1.00 bits per heavy atom. The quantitative estimate of drug-likeness (QED) is 0.184. The summed E-state index contributed by atoms with van der Waals surface area (Å²) in [7, 11) is 0. The molecule has 0 aliphatic carbocycles. The summed E-state index contributed by atoms with van der Waals surface area (Å²) in [4.78, 5) is 37.1. The number of aliphatic hydroxyl groups is 3. The molecule has 1 saturated heterocycles. The number of nitrogens with zero attached hydrogens (tertiary/aromatic N) is 1. The van der Waals surface area contributed by atoms with Crippen LogP contribution in [0.2, 0.25) is 0 Å². The van der Waals surface area contributed by atoms with Gasteiger partial charge in [-0.2, -0.15) is 0 Å². The fraction of sp³-hybridized carbons (Fsp3) is 0.444. The molecule has 0 bridgehead atoms. The number of carboxylic acids is 1. The van der Waals surface area contributed by atoms with Gasteiger partial charge in [-0.15, -0.1) is 0 Å². The largest absolute Gasteiger partial charge is 0.479 e. The smallest absolute Gasteiger partial charge is 0.411 e. The standard InChI is InChI=1S/C27H34N2O11/c1-3-29(15-37-12-11-17-7-5-4-6-8-17)27(36)38-14-18-9-10-20(19(13-18)28-16(2)30)39-26-23(33)21(31)22(32)24(40-26)25(34)35/h4-10,13,21-24,26,31-33H,3,11-12,14-15H2,1-2H3,(H,28,30)(H,34,35)/t21-,22-,23+,24-,26+/m0/s1. The van der Waals surface area contributed by atoms with Crippen LogP contribution in [0.15, 0.2) is 48.5 Å². The molecule has 2 aromatic carbocycles. The minimum atomic E-state index is -1.88. The van der Waals surface area contributed by atoms with Crippen LogP contribution in [-0.2, 0) is 36.8 Å². The van der Waals surface area contributed by atoms with Crippen LogP contribution in [-0.4, -0.2) is 93.9 Å². The van der Waals surface area contributed by atoms with Crippen LogP contribution in [0, 0.1) is 0 Å². The van der Waals surface area contributed by atoms with Crippen molar-refractivity contribution in [1.29, 1.82) is 0 Å². The van der Waals surface area contributed by atoms with Crippen molar-refractivity contribution in [2.45, 2.75) is 57.6 Å². The second-order valence-electron chi connectivity index (χ2n) is 9.05. The molecule has 5 N–H and O–H groups in total. The number of ether oxygens (including phenoxy) is 4. The van der Waals surface area contributed by atoms with E-state index in [0.29, 0.717) is 25.1 Å². The van der Waals surface area contributed by atoms with Gasteiger partial charge in [0.2, 0.25) is 12.2 Å². The number of aliphatic carboxylic acids is 1. The van der Waals surface area contributed by atoms with E-state index >= 15 is 0 Å². The normalized spacial score (nSPS) is 22.3. The lowest BCUT2D eigenvalue weighted by Gasteiger charge is -2.38. The van der Waals surface area contributed by atoms with Crippen LogP contribution in [0.25, 0.3) is 0 Å². The van der Waals surface area contributed by atoms with E-state index in [9.17, 15) is 34.8 Å². The topological polar surface area (TPSA) is 184 Å². The van der Waals surface area contributed by atoms with Crippen molar-refractivity contribution in [3.05, 3.63) is 59.7 Å². The Labute approximate surface area is 230 Å². The highest BCUT2D eigenvalue weighted by Crippen LogP contribution is 2.31. The number of carbonyl (C=O) groups is 3. The molecule has 1 aliphatic heterocycles. The number of anilines is 1. The zero-order valence-corrected chi connectivity index (χ0v) is 22.1. The molecular formula is C27H34N2O11. The molecule has 2 amide bonds. The van der Waals surface area contributed by atoms with Gasteiger partial charge in [0.05, 0.1) is 12.3 Å². The maximum absolute atomic E-state index is 12.6. The Balaban J connectivity index is 1.60. The molecule has 0 spiro atoms. The molecule has 0 saturated carbocycles. The number of rotatable bonds is 12. The molecule has 40 heavy (non-hydrogen) atoms. The fourth-order valence-corrected chi connectivity index (χ4v) is 3.85. The summed E-state index contributed by atoms with van der Waals surface area (Å²) in [5.74, 6) is -2.05. The Hall–Kier alpha value is -3.75. The van der Waals surface area contributed by atoms with Crippen molar-refractivity contribution in [2.24, 2.45) is 0 Å². The van der Waals surface area contributed by atoms with E-state index in [2.05, 4.69) is 5.32 Å². The second kappa shape index (κ2) is 14.6. The first-order chi connectivity index (χ1) is 19.1. The van der Waals surface area contributed by atoms with Gasteiger partial charge in [-0.05, 0) is 36.6 Å². The van der Waals surface area contributed by atoms with E-state index in [1.54, 1.807) is 6.92 Å². The first-order valence-electron chi connectivity index (χ1n) is 12.6. The summed E-state index contributed by atoms with van der Waals surface area (Å²) < 4.78 is 21.7. The van der Waals surface area contributed by atoms with Crippen LogP contribution in [0.5, 0.6) is 5.75 Å². The minimum absolute atomic E-state index is 0.0240. The van der Waals surface area contributed by atoms with Gasteiger partial charge in [0.15, 0.2) is 6.10 Å². The average Bonchev–Trinajstić information content (AvgIpc) is 2.93. The molecule has 0 aromatic heterocycles. The van der Waals surface area contributed by atoms with Gasteiger partial charge < -0.3 is 44.7 Å². The van der Waals surface area contributed by atoms with Crippen molar-refractivity contribution in [2.75, 3.05) is 25.2 Å². The van der Waals surface area contributed by atoms with Crippen LogP contribution >= 0.6 is 0 Å². The predicted molar refractivity (Wildman–Crippen MR) is 139 cm³/mol. The number of carboxylic acid groups (broad SMARTS) is 1. The number of nitrogens with one attached hydrogen (secondary N) is 1. The first kappa shape index (κ1) is 30.8. The lowest BCUT2D eigenvalue weighted by Crippen LogP contribution is -2.61. The highest BCUT2D eigenvalue weighted by Gasteiger charge is 2.48. The first-order valence-corrected chi connectivity index (χ1v) is 12.6. The molecule has 13 nitrogen and oxygen atoms in total. The van der Waals surface area contributed by atoms with Crippen LogP contribution in [0.3, 0.4) is 0 Å². The van der Waals surface area contributed by atoms with Crippen molar-refractivity contribution in [3.63, 3.8) is 0 Å². The summed E-state index contributed by atoms with van der Waals surface area (Å²) in [6.07, 6.45) is -8.94. The maximum Gasteiger partial charge on any atom is 0.411 e. The lowest BCUT2D eigenvalue weighted by atomic mass is 9.99. The second-order valence-corrected chi connectivity index (χ2v) is 9.05. The van der Waals surface area contributed by atoms with Gasteiger partial charge in [0.25, 0.3) is 0 Å². The van der Waals surface area contributed by atoms with Gasteiger partial charge >= 0.3 is 12.1 Å². The predicted octanol–water partition coefficient (Wildman–Crippen LogP) is 1.09. The summed E-state index contributed by atoms with van der Waals surface area (Å²) in [5, 5.41) is 41.9. The molecule has 1 fully saturated rings. The zero-order valence-electron chi connectivity index (χ0n) is 22.1. The number of amides is 2. The summed E-state index contributed by atoms with van der Waals surface area (Å²) in [6.45, 7) is 3.72. The molecular weight excluding hydrogens is 528 g/mol. The number of hydrogen-bond donors (Lipinski definition) is 5. The van der Waals surface area contributed by atoms with Gasteiger partial charge in [-0.25, -0.2) is 9.59 Å². The molecule has 3 rings (SSSR count). The zero-order chi connectivity index (χ0) is 29.2. The molecule has 1 aliphatic rings. The van der Waals surface area contributed by atoms with Gasteiger partial charge in [-0.1, -0.05) is 36.4 Å².